The zero-order chi connectivity index (χ0) is 17.6. The quantitative estimate of drug-likeness (QED) is 0.927. The van der Waals surface area contributed by atoms with Gasteiger partial charge in [-0.3, -0.25) is 0 Å². The molecule has 1 N–H and O–H groups in total. The van der Waals surface area contributed by atoms with Crippen LogP contribution in [0.4, 0.5) is 4.79 Å². The highest BCUT2D eigenvalue weighted by atomic mass is 16.2. The summed E-state index contributed by atoms with van der Waals surface area (Å²) < 4.78 is 0. The minimum absolute atomic E-state index is 0.00717. The predicted molar refractivity (Wildman–Crippen MR) is 102 cm³/mol. The summed E-state index contributed by atoms with van der Waals surface area (Å²) in [7, 11) is 4.05. The molecule has 0 radical (unpaired) electrons. The first-order valence-electron chi connectivity index (χ1n) is 8.97. The summed E-state index contributed by atoms with van der Waals surface area (Å²) in [5, 5.41) is 3.23. The summed E-state index contributed by atoms with van der Waals surface area (Å²) in [6, 6.07) is 20.5. The van der Waals surface area contributed by atoms with Crippen molar-refractivity contribution in [2.24, 2.45) is 0 Å². The second-order valence-electron chi connectivity index (χ2n) is 6.85. The Bertz CT molecular complexity index is 627. The molecule has 0 unspecified atom stereocenters. The fourth-order valence-electron chi connectivity index (χ4n) is 3.42. The third-order valence-corrected chi connectivity index (χ3v) is 5.09. The Morgan fingerprint density at radius 3 is 1.96 bits per heavy atom. The molecule has 2 amide bonds. The highest BCUT2D eigenvalue weighted by Gasteiger charge is 2.26. The van der Waals surface area contributed by atoms with Gasteiger partial charge in [0.05, 0.1) is 6.04 Å². The molecule has 132 valence electrons. The maximum absolute atomic E-state index is 12.9. The van der Waals surface area contributed by atoms with Gasteiger partial charge < -0.3 is 15.1 Å². The van der Waals surface area contributed by atoms with Crippen LogP contribution >= 0.6 is 0 Å². The van der Waals surface area contributed by atoms with E-state index >= 15 is 0 Å². The summed E-state index contributed by atoms with van der Waals surface area (Å²) in [5.74, 6) is 0. The number of nitrogens with zero attached hydrogens (tertiary/aromatic N) is 2. The van der Waals surface area contributed by atoms with Crippen LogP contribution in [-0.4, -0.2) is 49.1 Å². The maximum Gasteiger partial charge on any atom is 0.318 e. The van der Waals surface area contributed by atoms with Gasteiger partial charge in [0.2, 0.25) is 0 Å². The van der Waals surface area contributed by atoms with Crippen LogP contribution in [0.1, 0.15) is 30.0 Å². The van der Waals surface area contributed by atoms with E-state index in [4.69, 9.17) is 0 Å². The lowest BCUT2D eigenvalue weighted by molar-refractivity contribution is 0.146. The third kappa shape index (κ3) is 4.40. The molecule has 2 aromatic carbocycles. The van der Waals surface area contributed by atoms with Crippen LogP contribution < -0.4 is 5.32 Å². The number of rotatable bonds is 4. The Labute approximate surface area is 150 Å². The van der Waals surface area contributed by atoms with E-state index in [2.05, 4.69) is 41.5 Å². The number of benzene rings is 2. The van der Waals surface area contributed by atoms with Crippen molar-refractivity contribution >= 4 is 6.03 Å². The molecule has 4 heteroatoms. The van der Waals surface area contributed by atoms with Crippen molar-refractivity contribution < 1.29 is 4.79 Å². The third-order valence-electron chi connectivity index (χ3n) is 5.09. The summed E-state index contributed by atoms with van der Waals surface area (Å²) in [6.07, 6.45) is 2.06. The first-order chi connectivity index (χ1) is 12.1. The van der Waals surface area contributed by atoms with E-state index in [0.29, 0.717) is 6.04 Å². The van der Waals surface area contributed by atoms with Crippen molar-refractivity contribution in [3.8, 4) is 0 Å². The van der Waals surface area contributed by atoms with Crippen LogP contribution in [0.25, 0.3) is 0 Å². The SMILES string of the molecule is CN1CCC(N(C)C(=O)NC(c2ccccc2)c2ccccc2)CC1. The number of carbonyl (C=O) groups is 1. The summed E-state index contributed by atoms with van der Waals surface area (Å²) in [6.45, 7) is 2.09. The highest BCUT2D eigenvalue weighted by Crippen LogP contribution is 2.23. The van der Waals surface area contributed by atoms with Crippen molar-refractivity contribution in [2.45, 2.75) is 24.9 Å². The Kier molecular flexibility index (Phi) is 5.71. The van der Waals surface area contributed by atoms with Gasteiger partial charge in [-0.25, -0.2) is 4.79 Å². The van der Waals surface area contributed by atoms with E-state index in [1.54, 1.807) is 0 Å². The molecule has 2 aromatic rings. The van der Waals surface area contributed by atoms with Gasteiger partial charge in [-0.1, -0.05) is 60.7 Å². The lowest BCUT2D eigenvalue weighted by Crippen LogP contribution is -2.49. The molecule has 1 aliphatic rings. The van der Waals surface area contributed by atoms with E-state index in [9.17, 15) is 4.79 Å². The van der Waals surface area contributed by atoms with E-state index in [1.807, 2.05) is 48.3 Å². The van der Waals surface area contributed by atoms with Crippen LogP contribution in [0.15, 0.2) is 60.7 Å². The smallest absolute Gasteiger partial charge is 0.318 e. The molecule has 4 nitrogen and oxygen atoms in total. The number of carbonyl (C=O) groups excluding carboxylic acids is 1. The van der Waals surface area contributed by atoms with Crippen molar-refractivity contribution in [2.75, 3.05) is 27.2 Å². The van der Waals surface area contributed by atoms with Crippen LogP contribution in [0.5, 0.6) is 0 Å². The predicted octanol–water partition coefficient (Wildman–Crippen LogP) is 3.51. The number of hydrogen-bond donors (Lipinski definition) is 1. The molecular formula is C21H27N3O. The van der Waals surface area contributed by atoms with Crippen molar-refractivity contribution in [1.82, 2.24) is 15.1 Å². The van der Waals surface area contributed by atoms with Gasteiger partial charge >= 0.3 is 6.03 Å². The van der Waals surface area contributed by atoms with Crippen molar-refractivity contribution in [3.63, 3.8) is 0 Å². The maximum atomic E-state index is 12.9. The number of urea groups is 1. The molecule has 0 spiro atoms. The lowest BCUT2D eigenvalue weighted by Gasteiger charge is -2.36. The Balaban J connectivity index is 1.75. The Morgan fingerprint density at radius 1 is 1.00 bits per heavy atom. The summed E-state index contributed by atoms with van der Waals surface area (Å²) in [4.78, 5) is 17.1. The minimum Gasteiger partial charge on any atom is -0.327 e. The van der Waals surface area contributed by atoms with E-state index in [-0.39, 0.29) is 12.1 Å². The molecule has 3 rings (SSSR count). The fourth-order valence-corrected chi connectivity index (χ4v) is 3.42. The van der Waals surface area contributed by atoms with Crippen LogP contribution in [0.2, 0.25) is 0 Å². The second-order valence-corrected chi connectivity index (χ2v) is 6.85. The number of hydrogen-bond acceptors (Lipinski definition) is 2. The van der Waals surface area contributed by atoms with E-state index < -0.39 is 0 Å². The van der Waals surface area contributed by atoms with Gasteiger partial charge in [-0.15, -0.1) is 0 Å². The summed E-state index contributed by atoms with van der Waals surface area (Å²) in [5.41, 5.74) is 2.19. The van der Waals surface area contributed by atoms with E-state index in [0.717, 1.165) is 37.1 Å². The van der Waals surface area contributed by atoms with Gasteiger partial charge in [0, 0.05) is 13.1 Å². The number of nitrogens with one attached hydrogen (secondary N) is 1. The molecule has 0 aromatic heterocycles. The average molecular weight is 337 g/mol. The molecule has 0 saturated carbocycles. The minimum atomic E-state index is -0.136. The van der Waals surface area contributed by atoms with Gasteiger partial charge in [0.25, 0.3) is 0 Å². The largest absolute Gasteiger partial charge is 0.327 e. The molecule has 0 atom stereocenters. The van der Waals surface area contributed by atoms with Crippen molar-refractivity contribution in [1.29, 1.82) is 0 Å². The Morgan fingerprint density at radius 2 is 1.48 bits per heavy atom. The first-order valence-corrected chi connectivity index (χ1v) is 8.97. The highest BCUT2D eigenvalue weighted by molar-refractivity contribution is 5.75. The topological polar surface area (TPSA) is 35.6 Å². The molecule has 1 saturated heterocycles. The van der Waals surface area contributed by atoms with Crippen LogP contribution in [-0.2, 0) is 0 Å². The lowest BCUT2D eigenvalue weighted by atomic mass is 9.99. The van der Waals surface area contributed by atoms with Crippen molar-refractivity contribution in [3.05, 3.63) is 71.8 Å². The van der Waals surface area contributed by atoms with Gasteiger partial charge in [-0.05, 0) is 44.1 Å². The molecule has 0 bridgehead atoms. The molecule has 1 fully saturated rings. The average Bonchev–Trinajstić information content (AvgIpc) is 2.67. The van der Waals surface area contributed by atoms with Crippen LogP contribution in [0, 0.1) is 0 Å². The zero-order valence-electron chi connectivity index (χ0n) is 15.1. The molecular weight excluding hydrogens is 310 g/mol. The van der Waals surface area contributed by atoms with Gasteiger partial charge in [-0.2, -0.15) is 0 Å². The summed E-state index contributed by atoms with van der Waals surface area (Å²) >= 11 is 0. The number of likely N-dealkylation sites (tertiary alicyclic amines) is 1. The first kappa shape index (κ1) is 17.5. The van der Waals surface area contributed by atoms with E-state index in [1.165, 1.54) is 0 Å². The monoisotopic (exact) mass is 337 g/mol. The molecule has 0 aliphatic carbocycles. The van der Waals surface area contributed by atoms with Crippen LogP contribution in [0.3, 0.4) is 0 Å². The van der Waals surface area contributed by atoms with Gasteiger partial charge in [0.15, 0.2) is 0 Å². The molecule has 25 heavy (non-hydrogen) atoms. The fraction of sp³-hybridized carbons (Fsp3) is 0.381. The van der Waals surface area contributed by atoms with Gasteiger partial charge in [0.1, 0.15) is 0 Å². The second kappa shape index (κ2) is 8.17. The molecule has 1 heterocycles. The normalized spacial score (nSPS) is 16.0. The Hall–Kier alpha value is -2.33. The zero-order valence-corrected chi connectivity index (χ0v) is 15.1. The molecule has 1 aliphatic heterocycles. The standard InChI is InChI=1S/C21H27N3O/c1-23-15-13-19(14-16-23)24(2)21(25)22-20(17-9-5-3-6-10-17)18-11-7-4-8-12-18/h3-12,19-20H,13-16H2,1-2H3,(H,22,25). The number of piperidine rings is 1. The number of amides is 2.